The fourth-order valence-corrected chi connectivity index (χ4v) is 2.99. The molecule has 0 bridgehead atoms. The van der Waals surface area contributed by atoms with Crippen LogP contribution >= 0.6 is 0 Å². The van der Waals surface area contributed by atoms with Crippen LogP contribution in [0, 0.1) is 5.92 Å². The van der Waals surface area contributed by atoms with Crippen LogP contribution in [0.4, 0.5) is 5.69 Å². The standard InChI is InChI=1S/C19H23N/c1-4-13(2)14(3)20-17-9-10-19-16(12-17)11-15-7-5-6-8-18(15)19/h5-10,12-14,20H,4,11H2,1-3H3. The molecule has 0 radical (unpaired) electrons. The number of hydrogen-bond donors (Lipinski definition) is 1. The molecule has 1 aliphatic carbocycles. The van der Waals surface area contributed by atoms with E-state index in [0.29, 0.717) is 12.0 Å². The van der Waals surface area contributed by atoms with E-state index < -0.39 is 0 Å². The minimum Gasteiger partial charge on any atom is -0.382 e. The molecule has 2 aromatic rings. The van der Waals surface area contributed by atoms with E-state index in [1.807, 2.05) is 0 Å². The number of benzene rings is 2. The molecule has 0 saturated carbocycles. The molecular formula is C19H23N. The highest BCUT2D eigenvalue weighted by atomic mass is 14.9. The van der Waals surface area contributed by atoms with Crippen LogP contribution < -0.4 is 5.32 Å². The summed E-state index contributed by atoms with van der Waals surface area (Å²) in [5, 5.41) is 3.65. The Morgan fingerprint density at radius 2 is 1.75 bits per heavy atom. The van der Waals surface area contributed by atoms with Gasteiger partial charge in [0.25, 0.3) is 0 Å². The lowest BCUT2D eigenvalue weighted by Gasteiger charge is -2.21. The maximum Gasteiger partial charge on any atom is 0.0345 e. The smallest absolute Gasteiger partial charge is 0.0345 e. The maximum absolute atomic E-state index is 3.65. The molecule has 0 aromatic heterocycles. The molecule has 20 heavy (non-hydrogen) atoms. The SMILES string of the molecule is CCC(C)C(C)Nc1ccc2c(c1)Cc1ccccc1-2. The molecule has 1 nitrogen and oxygen atoms in total. The summed E-state index contributed by atoms with van der Waals surface area (Å²) in [5.74, 6) is 0.695. The molecule has 1 N–H and O–H groups in total. The van der Waals surface area contributed by atoms with E-state index in [1.165, 1.54) is 34.4 Å². The summed E-state index contributed by atoms with van der Waals surface area (Å²) < 4.78 is 0. The Labute approximate surface area is 122 Å². The van der Waals surface area contributed by atoms with Gasteiger partial charge in [0.05, 0.1) is 0 Å². The van der Waals surface area contributed by atoms with Crippen LogP contribution in [0.2, 0.25) is 0 Å². The Morgan fingerprint density at radius 3 is 2.55 bits per heavy atom. The van der Waals surface area contributed by atoms with Crippen molar-refractivity contribution in [3.8, 4) is 11.1 Å². The number of nitrogens with one attached hydrogen (secondary N) is 1. The van der Waals surface area contributed by atoms with Crippen LogP contribution in [0.5, 0.6) is 0 Å². The van der Waals surface area contributed by atoms with E-state index in [2.05, 4.69) is 68.6 Å². The molecule has 0 saturated heterocycles. The van der Waals surface area contributed by atoms with Crippen LogP contribution in [0.3, 0.4) is 0 Å². The van der Waals surface area contributed by atoms with E-state index in [4.69, 9.17) is 0 Å². The first-order valence-electron chi connectivity index (χ1n) is 7.66. The van der Waals surface area contributed by atoms with Gasteiger partial charge in [-0.25, -0.2) is 0 Å². The molecule has 1 aliphatic rings. The van der Waals surface area contributed by atoms with Crippen molar-refractivity contribution in [3.05, 3.63) is 53.6 Å². The molecule has 2 unspecified atom stereocenters. The van der Waals surface area contributed by atoms with E-state index in [9.17, 15) is 0 Å². The van der Waals surface area contributed by atoms with Crippen molar-refractivity contribution in [2.24, 2.45) is 5.92 Å². The minimum atomic E-state index is 0.516. The largest absolute Gasteiger partial charge is 0.382 e. The Kier molecular flexibility index (Phi) is 3.52. The number of anilines is 1. The third-order valence-electron chi connectivity index (χ3n) is 4.69. The summed E-state index contributed by atoms with van der Waals surface area (Å²) in [6, 6.07) is 16.1. The van der Waals surface area contributed by atoms with Gasteiger partial charge in [-0.15, -0.1) is 0 Å². The maximum atomic E-state index is 3.65. The van der Waals surface area contributed by atoms with Gasteiger partial charge in [-0.3, -0.25) is 0 Å². The van der Waals surface area contributed by atoms with Crippen molar-refractivity contribution in [1.82, 2.24) is 0 Å². The normalized spacial score (nSPS) is 15.3. The highest BCUT2D eigenvalue weighted by Crippen LogP contribution is 2.37. The molecule has 0 fully saturated rings. The van der Waals surface area contributed by atoms with Gasteiger partial charge in [0.15, 0.2) is 0 Å². The summed E-state index contributed by atoms with van der Waals surface area (Å²) in [6.07, 6.45) is 2.28. The highest BCUT2D eigenvalue weighted by Gasteiger charge is 2.18. The van der Waals surface area contributed by atoms with E-state index in [1.54, 1.807) is 0 Å². The van der Waals surface area contributed by atoms with E-state index in [0.717, 1.165) is 6.42 Å². The van der Waals surface area contributed by atoms with Gasteiger partial charge in [0.1, 0.15) is 0 Å². The second kappa shape index (κ2) is 5.32. The molecule has 0 aliphatic heterocycles. The average Bonchev–Trinajstić information content (AvgIpc) is 2.83. The number of fused-ring (bicyclic) bond motifs is 3. The summed E-state index contributed by atoms with van der Waals surface area (Å²) in [5.41, 5.74) is 6.97. The second-order valence-corrected chi connectivity index (χ2v) is 6.02. The topological polar surface area (TPSA) is 12.0 Å². The molecule has 0 spiro atoms. The molecule has 1 heteroatoms. The van der Waals surface area contributed by atoms with Gasteiger partial charge in [0, 0.05) is 11.7 Å². The van der Waals surface area contributed by atoms with Crippen molar-refractivity contribution < 1.29 is 0 Å². The fourth-order valence-electron chi connectivity index (χ4n) is 2.99. The number of rotatable bonds is 4. The van der Waals surface area contributed by atoms with Crippen molar-refractivity contribution in [2.75, 3.05) is 5.32 Å². The summed E-state index contributed by atoms with van der Waals surface area (Å²) in [7, 11) is 0. The quantitative estimate of drug-likeness (QED) is 0.691. The predicted molar refractivity (Wildman–Crippen MR) is 87.2 cm³/mol. The van der Waals surface area contributed by atoms with Crippen molar-refractivity contribution >= 4 is 5.69 Å². The monoisotopic (exact) mass is 265 g/mol. The lowest BCUT2D eigenvalue weighted by atomic mass is 10.00. The molecule has 0 heterocycles. The zero-order valence-corrected chi connectivity index (χ0v) is 12.6. The first-order chi connectivity index (χ1) is 9.69. The lowest BCUT2D eigenvalue weighted by molar-refractivity contribution is 0.494. The van der Waals surface area contributed by atoms with Crippen LogP contribution in [0.15, 0.2) is 42.5 Å². The zero-order valence-electron chi connectivity index (χ0n) is 12.6. The van der Waals surface area contributed by atoms with E-state index >= 15 is 0 Å². The first-order valence-corrected chi connectivity index (χ1v) is 7.66. The molecule has 2 atom stereocenters. The minimum absolute atomic E-state index is 0.516. The second-order valence-electron chi connectivity index (χ2n) is 6.02. The van der Waals surface area contributed by atoms with Crippen molar-refractivity contribution in [1.29, 1.82) is 0 Å². The lowest BCUT2D eigenvalue weighted by Crippen LogP contribution is -2.23. The summed E-state index contributed by atoms with van der Waals surface area (Å²) >= 11 is 0. The van der Waals surface area contributed by atoms with E-state index in [-0.39, 0.29) is 0 Å². The molecule has 3 rings (SSSR count). The van der Waals surface area contributed by atoms with Gasteiger partial charge in [0.2, 0.25) is 0 Å². The highest BCUT2D eigenvalue weighted by molar-refractivity contribution is 5.78. The average molecular weight is 265 g/mol. The fraction of sp³-hybridized carbons (Fsp3) is 0.368. The van der Waals surface area contributed by atoms with Crippen LogP contribution in [0.25, 0.3) is 11.1 Å². The van der Waals surface area contributed by atoms with Crippen molar-refractivity contribution in [3.63, 3.8) is 0 Å². The van der Waals surface area contributed by atoms with Gasteiger partial charge in [-0.05, 0) is 53.6 Å². The van der Waals surface area contributed by atoms with Gasteiger partial charge in [-0.2, -0.15) is 0 Å². The van der Waals surface area contributed by atoms with Gasteiger partial charge >= 0.3 is 0 Å². The Hall–Kier alpha value is -1.76. The number of hydrogen-bond acceptors (Lipinski definition) is 1. The van der Waals surface area contributed by atoms with Crippen molar-refractivity contribution in [2.45, 2.75) is 39.7 Å². The predicted octanol–water partition coefficient (Wildman–Crippen LogP) is 5.10. The molecule has 2 aromatic carbocycles. The van der Waals surface area contributed by atoms with Crippen LogP contribution in [-0.4, -0.2) is 6.04 Å². The Bertz CT molecular complexity index is 615. The molecule has 0 amide bonds. The van der Waals surface area contributed by atoms with Crippen LogP contribution in [0.1, 0.15) is 38.3 Å². The third kappa shape index (κ3) is 2.33. The zero-order chi connectivity index (χ0) is 14.1. The van der Waals surface area contributed by atoms with Gasteiger partial charge in [-0.1, -0.05) is 50.6 Å². The summed E-state index contributed by atoms with van der Waals surface area (Å²) in [6.45, 7) is 6.83. The molecule has 104 valence electrons. The van der Waals surface area contributed by atoms with Gasteiger partial charge < -0.3 is 5.32 Å². The third-order valence-corrected chi connectivity index (χ3v) is 4.69. The summed E-state index contributed by atoms with van der Waals surface area (Å²) in [4.78, 5) is 0. The van der Waals surface area contributed by atoms with Crippen LogP contribution in [-0.2, 0) is 6.42 Å². The Morgan fingerprint density at radius 1 is 1.00 bits per heavy atom. The Balaban J connectivity index is 1.84. The first kappa shape index (κ1) is 13.2. The molecular weight excluding hydrogens is 242 g/mol.